The number of nitrogens with one attached hydrogen (secondary N) is 1. The van der Waals surface area contributed by atoms with Crippen molar-refractivity contribution in [2.75, 3.05) is 5.32 Å². The van der Waals surface area contributed by atoms with E-state index in [1.54, 1.807) is 37.7 Å². The lowest BCUT2D eigenvalue weighted by Gasteiger charge is -2.16. The SMILES string of the molecule is Cc1nnc2sc3c(NCc4ccc(C(C)(C)O)nc4)ncnc3c2c1C. The average Bonchev–Trinajstić information content (AvgIpc) is 3.02. The molecule has 0 aromatic carbocycles. The molecule has 4 aromatic rings. The van der Waals surface area contributed by atoms with Crippen molar-refractivity contribution in [3.63, 3.8) is 0 Å². The van der Waals surface area contributed by atoms with Crippen molar-refractivity contribution in [2.45, 2.75) is 39.8 Å². The first kappa shape index (κ1) is 17.7. The van der Waals surface area contributed by atoms with Gasteiger partial charge in [-0.05, 0) is 44.9 Å². The number of hydrogen-bond donors (Lipinski definition) is 2. The van der Waals surface area contributed by atoms with Crippen molar-refractivity contribution in [1.29, 1.82) is 0 Å². The number of thiophene rings is 1. The smallest absolute Gasteiger partial charge is 0.149 e. The standard InChI is InChI=1S/C19H20N6OS/c1-10-11(2)24-25-18-14(10)15-16(27-18)17(23-9-22-15)21-8-12-5-6-13(20-7-12)19(3,4)26/h5-7,9,26H,8H2,1-4H3,(H,21,22,23). The second kappa shape index (κ2) is 6.47. The highest BCUT2D eigenvalue weighted by molar-refractivity contribution is 7.25. The second-order valence-electron chi connectivity index (χ2n) is 7.06. The van der Waals surface area contributed by atoms with E-state index in [0.717, 1.165) is 43.1 Å². The highest BCUT2D eigenvalue weighted by Gasteiger charge is 2.18. The summed E-state index contributed by atoms with van der Waals surface area (Å²) in [4.78, 5) is 14.1. The van der Waals surface area contributed by atoms with Gasteiger partial charge in [0.05, 0.1) is 21.6 Å². The fourth-order valence-corrected chi connectivity index (χ4v) is 3.98. The highest BCUT2D eigenvalue weighted by atomic mass is 32.1. The normalized spacial score (nSPS) is 12.0. The predicted octanol–water partition coefficient (Wildman–Crippen LogP) is 3.49. The van der Waals surface area contributed by atoms with Gasteiger partial charge < -0.3 is 10.4 Å². The maximum atomic E-state index is 10.0. The van der Waals surface area contributed by atoms with Gasteiger partial charge in [-0.2, -0.15) is 5.10 Å². The molecule has 0 atom stereocenters. The number of aliphatic hydroxyl groups is 1. The Bertz CT molecular complexity index is 1130. The average molecular weight is 380 g/mol. The molecule has 4 heterocycles. The Kier molecular flexibility index (Phi) is 4.24. The third-order valence-electron chi connectivity index (χ3n) is 4.57. The zero-order valence-electron chi connectivity index (χ0n) is 15.6. The van der Waals surface area contributed by atoms with Crippen LogP contribution in [0.15, 0.2) is 24.7 Å². The molecular formula is C19H20N6OS. The number of rotatable bonds is 4. The van der Waals surface area contributed by atoms with E-state index in [-0.39, 0.29) is 0 Å². The summed E-state index contributed by atoms with van der Waals surface area (Å²) in [7, 11) is 0. The largest absolute Gasteiger partial charge is 0.384 e. The van der Waals surface area contributed by atoms with Crippen LogP contribution < -0.4 is 5.32 Å². The summed E-state index contributed by atoms with van der Waals surface area (Å²) in [5, 5.41) is 23.0. The van der Waals surface area contributed by atoms with E-state index in [1.807, 2.05) is 26.0 Å². The van der Waals surface area contributed by atoms with Crippen LogP contribution in [-0.4, -0.2) is 30.3 Å². The van der Waals surface area contributed by atoms with E-state index in [2.05, 4.69) is 30.5 Å². The summed E-state index contributed by atoms with van der Waals surface area (Å²) >= 11 is 1.54. The lowest BCUT2D eigenvalue weighted by atomic mass is 10.0. The first-order chi connectivity index (χ1) is 12.8. The summed E-state index contributed by atoms with van der Waals surface area (Å²) < 4.78 is 0.969. The van der Waals surface area contributed by atoms with Crippen LogP contribution in [0.5, 0.6) is 0 Å². The Balaban J connectivity index is 1.66. The number of hydrogen-bond acceptors (Lipinski definition) is 8. The maximum Gasteiger partial charge on any atom is 0.149 e. The minimum Gasteiger partial charge on any atom is -0.384 e. The number of aromatic nitrogens is 5. The van der Waals surface area contributed by atoms with Crippen LogP contribution in [-0.2, 0) is 12.1 Å². The third-order valence-corrected chi connectivity index (χ3v) is 5.64. The Morgan fingerprint density at radius 3 is 2.63 bits per heavy atom. The van der Waals surface area contributed by atoms with Gasteiger partial charge >= 0.3 is 0 Å². The minimum atomic E-state index is -0.946. The van der Waals surface area contributed by atoms with Gasteiger partial charge in [-0.15, -0.1) is 16.4 Å². The minimum absolute atomic E-state index is 0.573. The number of aryl methyl sites for hydroxylation is 2. The van der Waals surface area contributed by atoms with Crippen molar-refractivity contribution in [3.05, 3.63) is 47.2 Å². The van der Waals surface area contributed by atoms with E-state index in [0.29, 0.717) is 12.2 Å². The number of pyridine rings is 1. The zero-order valence-corrected chi connectivity index (χ0v) is 16.4. The number of fused-ring (bicyclic) bond motifs is 3. The molecule has 0 spiro atoms. The van der Waals surface area contributed by atoms with Crippen LogP contribution in [0.3, 0.4) is 0 Å². The van der Waals surface area contributed by atoms with Crippen LogP contribution in [0.4, 0.5) is 5.82 Å². The van der Waals surface area contributed by atoms with Gasteiger partial charge in [0, 0.05) is 18.1 Å². The molecule has 138 valence electrons. The highest BCUT2D eigenvalue weighted by Crippen LogP contribution is 2.36. The third kappa shape index (κ3) is 3.22. The topological polar surface area (TPSA) is 96.7 Å². The van der Waals surface area contributed by atoms with Crippen LogP contribution in [0.1, 0.15) is 36.4 Å². The molecule has 0 saturated heterocycles. The Morgan fingerprint density at radius 2 is 1.93 bits per heavy atom. The molecule has 4 aromatic heterocycles. The van der Waals surface area contributed by atoms with E-state index in [1.165, 1.54) is 0 Å². The fourth-order valence-electron chi connectivity index (χ4n) is 2.88. The zero-order chi connectivity index (χ0) is 19.2. The first-order valence-electron chi connectivity index (χ1n) is 8.63. The monoisotopic (exact) mass is 380 g/mol. The Morgan fingerprint density at radius 1 is 1.11 bits per heavy atom. The number of anilines is 1. The van der Waals surface area contributed by atoms with Gasteiger partial charge in [0.15, 0.2) is 0 Å². The van der Waals surface area contributed by atoms with E-state index < -0.39 is 5.60 Å². The van der Waals surface area contributed by atoms with Gasteiger partial charge in [0.1, 0.15) is 22.6 Å². The molecule has 7 nitrogen and oxygen atoms in total. The van der Waals surface area contributed by atoms with Crippen LogP contribution in [0.25, 0.3) is 20.4 Å². The van der Waals surface area contributed by atoms with Crippen LogP contribution >= 0.6 is 11.3 Å². The van der Waals surface area contributed by atoms with Gasteiger partial charge in [-0.1, -0.05) is 6.07 Å². The van der Waals surface area contributed by atoms with Crippen molar-refractivity contribution in [3.8, 4) is 0 Å². The molecule has 4 rings (SSSR count). The molecule has 0 aliphatic rings. The molecule has 2 N–H and O–H groups in total. The van der Waals surface area contributed by atoms with Gasteiger partial charge in [0.25, 0.3) is 0 Å². The molecule has 0 aliphatic heterocycles. The molecule has 0 bridgehead atoms. The van der Waals surface area contributed by atoms with Crippen molar-refractivity contribution in [2.24, 2.45) is 0 Å². The summed E-state index contributed by atoms with van der Waals surface area (Å²) in [6, 6.07) is 3.79. The van der Waals surface area contributed by atoms with Crippen molar-refractivity contribution < 1.29 is 5.11 Å². The quantitative estimate of drug-likeness (QED) is 0.559. The molecule has 0 amide bonds. The van der Waals surface area contributed by atoms with Gasteiger partial charge in [0.2, 0.25) is 0 Å². The molecule has 0 saturated carbocycles. The summed E-state index contributed by atoms with van der Waals surface area (Å²) in [5.74, 6) is 0.770. The second-order valence-corrected chi connectivity index (χ2v) is 8.06. The van der Waals surface area contributed by atoms with Gasteiger partial charge in [-0.25, -0.2) is 9.97 Å². The number of nitrogens with zero attached hydrogens (tertiary/aromatic N) is 5. The van der Waals surface area contributed by atoms with Crippen LogP contribution in [0, 0.1) is 13.8 Å². The molecule has 27 heavy (non-hydrogen) atoms. The molecule has 0 radical (unpaired) electrons. The van der Waals surface area contributed by atoms with E-state index in [4.69, 9.17) is 0 Å². The van der Waals surface area contributed by atoms with Crippen molar-refractivity contribution in [1.82, 2.24) is 25.1 Å². The summed E-state index contributed by atoms with van der Waals surface area (Å²) in [6.45, 7) is 8.01. The molecular weight excluding hydrogens is 360 g/mol. The van der Waals surface area contributed by atoms with E-state index in [9.17, 15) is 5.11 Å². The maximum absolute atomic E-state index is 10.0. The van der Waals surface area contributed by atoms with Crippen LogP contribution in [0.2, 0.25) is 0 Å². The Hall–Kier alpha value is -2.71. The molecule has 0 aliphatic carbocycles. The lowest BCUT2D eigenvalue weighted by Crippen LogP contribution is -2.17. The Labute approximate surface area is 160 Å². The summed E-state index contributed by atoms with van der Waals surface area (Å²) in [6.07, 6.45) is 3.34. The molecule has 0 unspecified atom stereocenters. The lowest BCUT2D eigenvalue weighted by molar-refractivity contribution is 0.0738. The van der Waals surface area contributed by atoms with Gasteiger partial charge in [-0.3, -0.25) is 4.98 Å². The molecule has 0 fully saturated rings. The van der Waals surface area contributed by atoms with E-state index >= 15 is 0 Å². The van der Waals surface area contributed by atoms with Crippen molar-refractivity contribution >= 4 is 37.6 Å². The first-order valence-corrected chi connectivity index (χ1v) is 9.45. The fraction of sp³-hybridized carbons (Fsp3) is 0.316. The summed E-state index contributed by atoms with van der Waals surface area (Å²) in [5.41, 5.74) is 3.61. The molecule has 8 heteroatoms. The predicted molar refractivity (Wildman–Crippen MR) is 107 cm³/mol.